The second kappa shape index (κ2) is 7.38. The molecule has 2 unspecified atom stereocenters. The van der Waals surface area contributed by atoms with E-state index in [1.165, 1.54) is 38.9 Å². The Bertz CT molecular complexity index is 199. The molecule has 0 aromatic carbocycles. The van der Waals surface area contributed by atoms with E-state index in [0.717, 1.165) is 23.9 Å². The summed E-state index contributed by atoms with van der Waals surface area (Å²) in [6.07, 6.45) is 3.94. The highest BCUT2D eigenvalue weighted by atomic mass is 15.2. The quantitative estimate of drug-likeness (QED) is 0.767. The fraction of sp³-hybridized carbons (Fsp3) is 1.00. The third kappa shape index (κ3) is 4.59. The lowest BCUT2D eigenvalue weighted by Gasteiger charge is -2.42. The van der Waals surface area contributed by atoms with E-state index >= 15 is 0 Å². The first-order chi connectivity index (χ1) is 8.08. The summed E-state index contributed by atoms with van der Waals surface area (Å²) in [5.74, 6) is 1.60. The number of rotatable bonds is 6. The average molecular weight is 240 g/mol. The third-order valence-corrected chi connectivity index (χ3v) is 4.00. The summed E-state index contributed by atoms with van der Waals surface area (Å²) in [5, 5.41) is 3.60. The van der Waals surface area contributed by atoms with Gasteiger partial charge < -0.3 is 5.32 Å². The predicted molar refractivity (Wildman–Crippen MR) is 76.4 cm³/mol. The molecular weight excluding hydrogens is 208 g/mol. The number of nitrogens with zero attached hydrogens (tertiary/aromatic N) is 1. The first-order valence-electron chi connectivity index (χ1n) is 7.54. The summed E-state index contributed by atoms with van der Waals surface area (Å²) in [6, 6.07) is 1.53. The molecule has 1 aliphatic rings. The summed E-state index contributed by atoms with van der Waals surface area (Å²) >= 11 is 0. The zero-order chi connectivity index (χ0) is 12.8. The molecule has 17 heavy (non-hydrogen) atoms. The van der Waals surface area contributed by atoms with Crippen LogP contribution in [0.1, 0.15) is 53.9 Å². The van der Waals surface area contributed by atoms with E-state index in [9.17, 15) is 0 Å². The minimum atomic E-state index is 0.756. The Morgan fingerprint density at radius 2 is 1.82 bits per heavy atom. The Hall–Kier alpha value is -0.0800. The van der Waals surface area contributed by atoms with E-state index in [-0.39, 0.29) is 0 Å². The van der Waals surface area contributed by atoms with Crippen LogP contribution < -0.4 is 5.32 Å². The lowest BCUT2D eigenvalue weighted by molar-refractivity contribution is 0.0798. The lowest BCUT2D eigenvalue weighted by Crippen LogP contribution is -2.53. The molecule has 1 N–H and O–H groups in total. The second-order valence-corrected chi connectivity index (χ2v) is 6.21. The summed E-state index contributed by atoms with van der Waals surface area (Å²) in [6.45, 7) is 15.4. The lowest BCUT2D eigenvalue weighted by atomic mass is 9.93. The van der Waals surface area contributed by atoms with Gasteiger partial charge in [-0.25, -0.2) is 0 Å². The molecule has 2 heteroatoms. The molecule has 0 spiro atoms. The number of hydrogen-bond acceptors (Lipinski definition) is 2. The largest absolute Gasteiger partial charge is 0.315 e. The van der Waals surface area contributed by atoms with Crippen LogP contribution in [-0.4, -0.2) is 36.6 Å². The molecule has 0 bridgehead atoms. The van der Waals surface area contributed by atoms with E-state index in [4.69, 9.17) is 0 Å². The van der Waals surface area contributed by atoms with Gasteiger partial charge >= 0.3 is 0 Å². The SMILES string of the molecule is CCC(CC)N(CC(C)C)C1CNCC(C)C1. The van der Waals surface area contributed by atoms with Crippen LogP contribution in [0.3, 0.4) is 0 Å². The van der Waals surface area contributed by atoms with Crippen LogP contribution in [0.15, 0.2) is 0 Å². The zero-order valence-corrected chi connectivity index (χ0v) is 12.5. The maximum atomic E-state index is 3.60. The van der Waals surface area contributed by atoms with Crippen molar-refractivity contribution < 1.29 is 0 Å². The first kappa shape index (κ1) is 15.0. The van der Waals surface area contributed by atoms with Gasteiger partial charge in [-0.2, -0.15) is 0 Å². The Kier molecular flexibility index (Phi) is 6.50. The monoisotopic (exact) mass is 240 g/mol. The molecular formula is C15H32N2. The molecule has 0 amide bonds. The molecule has 1 rings (SSSR count). The van der Waals surface area contributed by atoms with Crippen molar-refractivity contribution in [3.05, 3.63) is 0 Å². The average Bonchev–Trinajstić information content (AvgIpc) is 2.29. The molecule has 1 aliphatic heterocycles. The van der Waals surface area contributed by atoms with Crippen LogP contribution in [0.25, 0.3) is 0 Å². The van der Waals surface area contributed by atoms with Gasteiger partial charge in [0.2, 0.25) is 0 Å². The van der Waals surface area contributed by atoms with Gasteiger partial charge in [-0.3, -0.25) is 4.90 Å². The van der Waals surface area contributed by atoms with Gasteiger partial charge in [0, 0.05) is 25.2 Å². The normalized spacial score (nSPS) is 26.1. The van der Waals surface area contributed by atoms with Crippen molar-refractivity contribution in [3.63, 3.8) is 0 Å². The molecule has 0 aromatic heterocycles. The molecule has 0 radical (unpaired) electrons. The zero-order valence-electron chi connectivity index (χ0n) is 12.5. The van der Waals surface area contributed by atoms with E-state index in [1.807, 2.05) is 0 Å². The maximum Gasteiger partial charge on any atom is 0.0226 e. The number of nitrogens with one attached hydrogen (secondary N) is 1. The minimum Gasteiger partial charge on any atom is -0.315 e. The fourth-order valence-electron chi connectivity index (χ4n) is 3.16. The van der Waals surface area contributed by atoms with Crippen molar-refractivity contribution in [3.8, 4) is 0 Å². The van der Waals surface area contributed by atoms with Crippen molar-refractivity contribution in [2.75, 3.05) is 19.6 Å². The third-order valence-electron chi connectivity index (χ3n) is 4.00. The Balaban J connectivity index is 2.66. The fourth-order valence-corrected chi connectivity index (χ4v) is 3.16. The number of piperidine rings is 1. The van der Waals surface area contributed by atoms with Crippen LogP contribution in [0.2, 0.25) is 0 Å². The van der Waals surface area contributed by atoms with Crippen LogP contribution in [0.4, 0.5) is 0 Å². The smallest absolute Gasteiger partial charge is 0.0226 e. The molecule has 102 valence electrons. The first-order valence-corrected chi connectivity index (χ1v) is 7.54. The van der Waals surface area contributed by atoms with Crippen molar-refractivity contribution in [2.45, 2.75) is 66.0 Å². The van der Waals surface area contributed by atoms with E-state index in [1.54, 1.807) is 0 Å². The highest BCUT2D eigenvalue weighted by molar-refractivity contribution is 4.85. The summed E-state index contributed by atoms with van der Waals surface area (Å²) < 4.78 is 0. The molecule has 0 saturated carbocycles. The van der Waals surface area contributed by atoms with E-state index < -0.39 is 0 Å². The highest BCUT2D eigenvalue weighted by Crippen LogP contribution is 2.21. The van der Waals surface area contributed by atoms with Crippen molar-refractivity contribution >= 4 is 0 Å². The summed E-state index contributed by atoms with van der Waals surface area (Å²) in [4.78, 5) is 2.79. The van der Waals surface area contributed by atoms with Crippen LogP contribution in [0, 0.1) is 11.8 Å². The van der Waals surface area contributed by atoms with Gasteiger partial charge in [-0.1, -0.05) is 34.6 Å². The molecule has 0 aromatic rings. The van der Waals surface area contributed by atoms with Gasteiger partial charge in [-0.05, 0) is 37.6 Å². The Morgan fingerprint density at radius 1 is 1.18 bits per heavy atom. The van der Waals surface area contributed by atoms with Crippen LogP contribution in [0.5, 0.6) is 0 Å². The van der Waals surface area contributed by atoms with Gasteiger partial charge in [0.15, 0.2) is 0 Å². The minimum absolute atomic E-state index is 0.756. The maximum absolute atomic E-state index is 3.60. The Morgan fingerprint density at radius 3 is 2.29 bits per heavy atom. The second-order valence-electron chi connectivity index (χ2n) is 6.21. The van der Waals surface area contributed by atoms with E-state index in [0.29, 0.717) is 0 Å². The molecule has 2 atom stereocenters. The van der Waals surface area contributed by atoms with Gasteiger partial charge in [-0.15, -0.1) is 0 Å². The summed E-state index contributed by atoms with van der Waals surface area (Å²) in [7, 11) is 0. The standard InChI is InChI=1S/C15H32N2/c1-6-14(7-2)17(11-12(3)4)15-8-13(5)9-16-10-15/h12-16H,6-11H2,1-5H3. The molecule has 1 saturated heterocycles. The molecule has 0 aliphatic carbocycles. The highest BCUT2D eigenvalue weighted by Gasteiger charge is 2.28. The Labute approximate surface area is 108 Å². The van der Waals surface area contributed by atoms with Crippen molar-refractivity contribution in [2.24, 2.45) is 11.8 Å². The predicted octanol–water partition coefficient (Wildman–Crippen LogP) is 3.13. The topological polar surface area (TPSA) is 15.3 Å². The number of hydrogen-bond donors (Lipinski definition) is 1. The van der Waals surface area contributed by atoms with Gasteiger partial charge in [0.05, 0.1) is 0 Å². The van der Waals surface area contributed by atoms with Crippen LogP contribution >= 0.6 is 0 Å². The van der Waals surface area contributed by atoms with Crippen LogP contribution in [-0.2, 0) is 0 Å². The van der Waals surface area contributed by atoms with Crippen molar-refractivity contribution in [1.29, 1.82) is 0 Å². The van der Waals surface area contributed by atoms with Crippen molar-refractivity contribution in [1.82, 2.24) is 10.2 Å². The van der Waals surface area contributed by atoms with Gasteiger partial charge in [0.1, 0.15) is 0 Å². The summed E-state index contributed by atoms with van der Waals surface area (Å²) in [5.41, 5.74) is 0. The van der Waals surface area contributed by atoms with E-state index in [2.05, 4.69) is 44.8 Å². The molecule has 1 heterocycles. The molecule has 2 nitrogen and oxygen atoms in total. The molecule has 1 fully saturated rings. The van der Waals surface area contributed by atoms with Gasteiger partial charge in [0.25, 0.3) is 0 Å².